The van der Waals surface area contributed by atoms with Crippen molar-refractivity contribution < 1.29 is 9.53 Å². The predicted molar refractivity (Wildman–Crippen MR) is 55.7 cm³/mol. The molecule has 0 spiro atoms. The molecule has 76 valence electrons. The molecule has 3 nitrogen and oxygen atoms in total. The minimum atomic E-state index is -0.391. The summed E-state index contributed by atoms with van der Waals surface area (Å²) in [5, 5.41) is 0.580. The third kappa shape index (κ3) is 2.64. The van der Waals surface area contributed by atoms with Crippen LogP contribution in [-0.2, 0) is 4.74 Å². The third-order valence-corrected chi connectivity index (χ3v) is 1.96. The number of allylic oxidation sites excluding steroid dienone is 5. The van der Waals surface area contributed by atoms with Gasteiger partial charge >= 0.3 is 6.09 Å². The molecule has 0 aromatic rings. The first kappa shape index (κ1) is 10.9. The van der Waals surface area contributed by atoms with E-state index in [0.29, 0.717) is 11.6 Å². The molecule has 0 saturated carbocycles. The molecule has 0 radical (unpaired) electrons. The van der Waals surface area contributed by atoms with E-state index in [1.807, 2.05) is 6.92 Å². The normalized spacial score (nSPS) is 15.8. The summed E-state index contributed by atoms with van der Waals surface area (Å²) < 4.78 is 4.87. The standard InChI is InChI=1S/C10H12ClNO2/c1-3-14-10(13)12-7-6-9(11)5-4-8(12)2/h4-7H,3H2,1-2H3. The Balaban J connectivity index is 2.81. The van der Waals surface area contributed by atoms with Gasteiger partial charge in [0.05, 0.1) is 6.61 Å². The summed E-state index contributed by atoms with van der Waals surface area (Å²) in [6.45, 7) is 3.94. The van der Waals surface area contributed by atoms with Crippen LogP contribution < -0.4 is 0 Å². The average Bonchev–Trinajstić information content (AvgIpc) is 2.30. The Bertz CT molecular complexity index is 318. The number of ether oxygens (including phenoxy) is 1. The first-order valence-electron chi connectivity index (χ1n) is 4.33. The molecule has 1 rings (SSSR count). The van der Waals surface area contributed by atoms with Gasteiger partial charge in [-0.05, 0) is 32.1 Å². The molecule has 14 heavy (non-hydrogen) atoms. The topological polar surface area (TPSA) is 29.5 Å². The van der Waals surface area contributed by atoms with Crippen molar-refractivity contribution in [1.29, 1.82) is 0 Å². The van der Waals surface area contributed by atoms with E-state index in [9.17, 15) is 4.79 Å². The highest BCUT2D eigenvalue weighted by Gasteiger charge is 2.14. The maximum Gasteiger partial charge on any atom is 0.418 e. The van der Waals surface area contributed by atoms with E-state index in [1.54, 1.807) is 31.4 Å². The lowest BCUT2D eigenvalue weighted by Crippen LogP contribution is -2.24. The molecule has 0 aliphatic carbocycles. The van der Waals surface area contributed by atoms with Gasteiger partial charge in [0, 0.05) is 16.9 Å². The summed E-state index contributed by atoms with van der Waals surface area (Å²) >= 11 is 5.78. The maximum atomic E-state index is 11.4. The Kier molecular flexibility index (Phi) is 3.77. The van der Waals surface area contributed by atoms with Crippen LogP contribution in [0.15, 0.2) is 35.2 Å². The highest BCUT2D eigenvalue weighted by Crippen LogP contribution is 2.15. The minimum Gasteiger partial charge on any atom is -0.449 e. The van der Waals surface area contributed by atoms with Crippen molar-refractivity contribution in [2.75, 3.05) is 6.61 Å². The van der Waals surface area contributed by atoms with Gasteiger partial charge in [-0.2, -0.15) is 0 Å². The first-order chi connectivity index (χ1) is 6.65. The van der Waals surface area contributed by atoms with Crippen molar-refractivity contribution in [2.45, 2.75) is 13.8 Å². The lowest BCUT2D eigenvalue weighted by Gasteiger charge is -2.16. The van der Waals surface area contributed by atoms with Gasteiger partial charge in [0.15, 0.2) is 0 Å². The zero-order chi connectivity index (χ0) is 10.6. The largest absolute Gasteiger partial charge is 0.449 e. The Morgan fingerprint density at radius 1 is 1.57 bits per heavy atom. The van der Waals surface area contributed by atoms with E-state index in [0.717, 1.165) is 5.70 Å². The molecule has 0 bridgehead atoms. The molecule has 4 heteroatoms. The molecule has 0 saturated heterocycles. The molecule has 0 N–H and O–H groups in total. The van der Waals surface area contributed by atoms with Crippen LogP contribution in [0.25, 0.3) is 0 Å². The van der Waals surface area contributed by atoms with Gasteiger partial charge in [-0.1, -0.05) is 11.6 Å². The highest BCUT2D eigenvalue weighted by molar-refractivity contribution is 6.31. The van der Waals surface area contributed by atoms with Crippen molar-refractivity contribution in [3.63, 3.8) is 0 Å². The van der Waals surface area contributed by atoms with Crippen molar-refractivity contribution in [3.05, 3.63) is 35.2 Å². The number of carbonyl (C=O) groups is 1. The van der Waals surface area contributed by atoms with Crippen LogP contribution in [-0.4, -0.2) is 17.6 Å². The van der Waals surface area contributed by atoms with Crippen LogP contribution in [0.3, 0.4) is 0 Å². The Labute approximate surface area is 88.3 Å². The van der Waals surface area contributed by atoms with Crippen LogP contribution in [0, 0.1) is 0 Å². The van der Waals surface area contributed by atoms with Gasteiger partial charge in [0.2, 0.25) is 0 Å². The van der Waals surface area contributed by atoms with Crippen LogP contribution in [0.2, 0.25) is 0 Å². The van der Waals surface area contributed by atoms with Gasteiger partial charge < -0.3 is 4.74 Å². The summed E-state index contributed by atoms with van der Waals surface area (Å²) in [4.78, 5) is 12.8. The quantitative estimate of drug-likeness (QED) is 0.670. The molecule has 0 aromatic heterocycles. The minimum absolute atomic E-state index is 0.359. The number of hydrogen-bond donors (Lipinski definition) is 0. The monoisotopic (exact) mass is 213 g/mol. The van der Waals surface area contributed by atoms with Crippen LogP contribution in [0.1, 0.15) is 13.8 Å². The van der Waals surface area contributed by atoms with Crippen molar-refractivity contribution in [3.8, 4) is 0 Å². The lowest BCUT2D eigenvalue weighted by molar-refractivity contribution is 0.130. The second-order valence-electron chi connectivity index (χ2n) is 2.74. The smallest absolute Gasteiger partial charge is 0.418 e. The van der Waals surface area contributed by atoms with E-state index in [4.69, 9.17) is 16.3 Å². The molecule has 0 aromatic carbocycles. The molecule has 0 unspecified atom stereocenters. The number of rotatable bonds is 1. The van der Waals surface area contributed by atoms with Gasteiger partial charge in [-0.3, -0.25) is 4.90 Å². The number of hydrogen-bond acceptors (Lipinski definition) is 2. The lowest BCUT2D eigenvalue weighted by atomic mass is 10.4. The summed E-state index contributed by atoms with van der Waals surface area (Å²) in [6, 6.07) is 0. The van der Waals surface area contributed by atoms with Crippen LogP contribution in [0.4, 0.5) is 4.79 Å². The fourth-order valence-corrected chi connectivity index (χ4v) is 1.12. The molecule has 1 aliphatic rings. The van der Waals surface area contributed by atoms with Crippen LogP contribution >= 0.6 is 11.6 Å². The average molecular weight is 214 g/mol. The Hall–Kier alpha value is -1.22. The third-order valence-electron chi connectivity index (χ3n) is 1.71. The zero-order valence-electron chi connectivity index (χ0n) is 8.16. The van der Waals surface area contributed by atoms with E-state index in [-0.39, 0.29) is 0 Å². The summed E-state index contributed by atoms with van der Waals surface area (Å²) in [5.74, 6) is 0. The molecule has 1 aliphatic heterocycles. The number of halogens is 1. The Morgan fingerprint density at radius 3 is 2.93 bits per heavy atom. The second kappa shape index (κ2) is 4.86. The number of amides is 1. The SMILES string of the molecule is CCOC(=O)N1C=CC(Cl)=CC=C1C. The van der Waals surface area contributed by atoms with Crippen molar-refractivity contribution >= 4 is 17.7 Å². The van der Waals surface area contributed by atoms with Crippen LogP contribution in [0.5, 0.6) is 0 Å². The van der Waals surface area contributed by atoms with E-state index in [1.165, 1.54) is 4.90 Å². The fourth-order valence-electron chi connectivity index (χ4n) is 0.997. The van der Waals surface area contributed by atoms with Crippen molar-refractivity contribution in [2.24, 2.45) is 0 Å². The maximum absolute atomic E-state index is 11.4. The number of carbonyl (C=O) groups excluding carboxylic acids is 1. The predicted octanol–water partition coefficient (Wildman–Crippen LogP) is 3.00. The van der Waals surface area contributed by atoms with Gasteiger partial charge in [-0.25, -0.2) is 4.79 Å². The molecular formula is C10H12ClNO2. The summed E-state index contributed by atoms with van der Waals surface area (Å²) in [7, 11) is 0. The summed E-state index contributed by atoms with van der Waals surface area (Å²) in [6.07, 6.45) is 6.34. The van der Waals surface area contributed by atoms with Gasteiger partial charge in [0.25, 0.3) is 0 Å². The fraction of sp³-hybridized carbons (Fsp3) is 0.300. The Morgan fingerprint density at radius 2 is 2.29 bits per heavy atom. The molecule has 1 heterocycles. The molecule has 1 amide bonds. The zero-order valence-corrected chi connectivity index (χ0v) is 8.91. The van der Waals surface area contributed by atoms with Crippen molar-refractivity contribution in [1.82, 2.24) is 4.90 Å². The van der Waals surface area contributed by atoms with Gasteiger partial charge in [0.1, 0.15) is 0 Å². The molecule has 0 atom stereocenters. The first-order valence-corrected chi connectivity index (χ1v) is 4.71. The molecule has 0 fully saturated rings. The summed E-state index contributed by atoms with van der Waals surface area (Å²) in [5.41, 5.74) is 0.773. The number of nitrogens with zero attached hydrogens (tertiary/aromatic N) is 1. The van der Waals surface area contributed by atoms with Gasteiger partial charge in [-0.15, -0.1) is 0 Å². The highest BCUT2D eigenvalue weighted by atomic mass is 35.5. The molecular weight excluding hydrogens is 202 g/mol. The second-order valence-corrected chi connectivity index (χ2v) is 3.18. The van der Waals surface area contributed by atoms with E-state index in [2.05, 4.69) is 0 Å². The van der Waals surface area contributed by atoms with E-state index < -0.39 is 6.09 Å². The van der Waals surface area contributed by atoms with E-state index >= 15 is 0 Å².